The Labute approximate surface area is 188 Å². The van der Waals surface area contributed by atoms with Gasteiger partial charge in [0.1, 0.15) is 23.9 Å². The molecule has 0 bridgehead atoms. The molecule has 0 saturated carbocycles. The summed E-state index contributed by atoms with van der Waals surface area (Å²) in [6.07, 6.45) is 1.43. The fraction of sp³-hybridized carbons (Fsp3) is 0.0417. The largest absolute Gasteiger partial charge is 0.489 e. The first-order chi connectivity index (χ1) is 15.6. The van der Waals surface area contributed by atoms with Crippen LogP contribution >= 0.6 is 11.6 Å². The summed E-state index contributed by atoms with van der Waals surface area (Å²) in [6, 6.07) is 22.2. The smallest absolute Gasteiger partial charge is 0.289 e. The highest BCUT2D eigenvalue weighted by molar-refractivity contribution is 6.31. The number of aromatic nitrogens is 2. The topological polar surface area (TPSA) is 79.4 Å². The van der Waals surface area contributed by atoms with Crippen LogP contribution < -0.4 is 10.2 Å². The van der Waals surface area contributed by atoms with Gasteiger partial charge in [0.25, 0.3) is 5.91 Å². The average molecular weight is 449 g/mol. The molecule has 32 heavy (non-hydrogen) atoms. The molecule has 6 nitrogen and oxygen atoms in total. The van der Waals surface area contributed by atoms with Gasteiger partial charge in [0.05, 0.1) is 11.9 Å². The van der Waals surface area contributed by atoms with Gasteiger partial charge in [-0.2, -0.15) is 10.2 Å². The van der Waals surface area contributed by atoms with Crippen molar-refractivity contribution in [2.45, 2.75) is 6.61 Å². The molecule has 0 unspecified atom stereocenters. The Balaban J connectivity index is 1.39. The van der Waals surface area contributed by atoms with Crippen LogP contribution in [0.3, 0.4) is 0 Å². The summed E-state index contributed by atoms with van der Waals surface area (Å²) >= 11 is 6.17. The van der Waals surface area contributed by atoms with E-state index in [0.717, 1.165) is 11.1 Å². The minimum absolute atomic E-state index is 0.249. The van der Waals surface area contributed by atoms with E-state index in [4.69, 9.17) is 16.3 Å². The maximum atomic E-state index is 12.9. The van der Waals surface area contributed by atoms with Crippen LogP contribution in [-0.4, -0.2) is 22.3 Å². The van der Waals surface area contributed by atoms with Crippen LogP contribution in [0.1, 0.15) is 21.6 Å². The predicted molar refractivity (Wildman–Crippen MR) is 121 cm³/mol. The van der Waals surface area contributed by atoms with Crippen molar-refractivity contribution in [1.82, 2.24) is 15.6 Å². The third-order valence-electron chi connectivity index (χ3n) is 4.55. The molecule has 0 aliphatic rings. The maximum Gasteiger partial charge on any atom is 0.289 e. The minimum atomic E-state index is -0.451. The summed E-state index contributed by atoms with van der Waals surface area (Å²) in [5, 5.41) is 11.4. The lowest BCUT2D eigenvalue weighted by atomic mass is 10.1. The number of rotatable bonds is 7. The van der Waals surface area contributed by atoms with Gasteiger partial charge in [0.2, 0.25) is 0 Å². The quantitative estimate of drug-likeness (QED) is 0.301. The van der Waals surface area contributed by atoms with Gasteiger partial charge in [-0.15, -0.1) is 0 Å². The molecule has 8 heteroatoms. The first kappa shape index (κ1) is 21.3. The monoisotopic (exact) mass is 448 g/mol. The highest BCUT2D eigenvalue weighted by Crippen LogP contribution is 2.24. The number of benzene rings is 3. The molecule has 0 aliphatic heterocycles. The molecule has 0 saturated heterocycles. The predicted octanol–water partition coefficient (Wildman–Crippen LogP) is 5.21. The van der Waals surface area contributed by atoms with Crippen molar-refractivity contribution in [2.75, 3.05) is 0 Å². The second-order valence-corrected chi connectivity index (χ2v) is 7.23. The lowest BCUT2D eigenvalue weighted by Crippen LogP contribution is -2.17. The van der Waals surface area contributed by atoms with Crippen molar-refractivity contribution >= 4 is 23.7 Å². The molecule has 0 spiro atoms. The number of aromatic amines is 1. The molecule has 1 amide bonds. The van der Waals surface area contributed by atoms with E-state index in [1.807, 2.05) is 48.5 Å². The van der Waals surface area contributed by atoms with Crippen LogP contribution in [0.15, 0.2) is 84.0 Å². The number of H-pyrrole nitrogens is 1. The van der Waals surface area contributed by atoms with Crippen molar-refractivity contribution < 1.29 is 13.9 Å². The molecular formula is C24H18ClFN4O2. The molecule has 4 aromatic rings. The van der Waals surface area contributed by atoms with Crippen LogP contribution in [-0.2, 0) is 6.61 Å². The molecule has 0 atom stereocenters. The Hall–Kier alpha value is -3.97. The number of carbonyl (C=O) groups is 1. The number of amides is 1. The second-order valence-electron chi connectivity index (χ2n) is 6.83. The Kier molecular flexibility index (Phi) is 6.57. The summed E-state index contributed by atoms with van der Waals surface area (Å²) in [4.78, 5) is 12.3. The second kappa shape index (κ2) is 9.89. The Bertz CT molecular complexity index is 1250. The molecule has 0 fully saturated rings. The van der Waals surface area contributed by atoms with E-state index in [0.29, 0.717) is 28.6 Å². The summed E-state index contributed by atoms with van der Waals surface area (Å²) in [6.45, 7) is 0.337. The summed E-state index contributed by atoms with van der Waals surface area (Å²) in [5.74, 6) is -0.136. The van der Waals surface area contributed by atoms with Crippen LogP contribution in [0.2, 0.25) is 5.02 Å². The van der Waals surface area contributed by atoms with Gasteiger partial charge in [-0.1, -0.05) is 54.1 Å². The molecular weight excluding hydrogens is 431 g/mol. The maximum absolute atomic E-state index is 12.9. The standard InChI is InChI=1S/C24H18ClFN4O2/c25-21-7-2-1-4-18(21)15-32-20-6-3-5-17(12-20)22-13-23(29-28-22)24(31)30-27-14-16-8-10-19(26)11-9-16/h1-14H,15H2,(H,28,29)(H,30,31)/b27-14+. The van der Waals surface area contributed by atoms with E-state index in [9.17, 15) is 9.18 Å². The molecule has 4 rings (SSSR count). The molecule has 0 aliphatic carbocycles. The average Bonchev–Trinajstić information content (AvgIpc) is 3.31. The zero-order valence-corrected chi connectivity index (χ0v) is 17.5. The third-order valence-corrected chi connectivity index (χ3v) is 4.92. The van der Waals surface area contributed by atoms with Gasteiger partial charge in [-0.3, -0.25) is 9.89 Å². The minimum Gasteiger partial charge on any atom is -0.489 e. The normalized spacial score (nSPS) is 10.9. The number of hydrazone groups is 1. The van der Waals surface area contributed by atoms with Crippen molar-refractivity contribution in [3.05, 3.63) is 107 Å². The zero-order chi connectivity index (χ0) is 22.3. The lowest BCUT2D eigenvalue weighted by Gasteiger charge is -2.08. The van der Waals surface area contributed by atoms with Crippen molar-refractivity contribution in [3.63, 3.8) is 0 Å². The molecule has 1 heterocycles. The number of ether oxygens (including phenoxy) is 1. The fourth-order valence-electron chi connectivity index (χ4n) is 2.88. The number of hydrogen-bond acceptors (Lipinski definition) is 4. The van der Waals surface area contributed by atoms with E-state index in [2.05, 4.69) is 20.7 Å². The highest BCUT2D eigenvalue weighted by Gasteiger charge is 2.11. The molecule has 160 valence electrons. The number of carbonyl (C=O) groups excluding carboxylic acids is 1. The van der Waals surface area contributed by atoms with Crippen molar-refractivity contribution in [2.24, 2.45) is 5.10 Å². The zero-order valence-electron chi connectivity index (χ0n) is 16.8. The first-order valence-corrected chi connectivity index (χ1v) is 10.1. The molecule has 0 radical (unpaired) electrons. The number of hydrogen-bond donors (Lipinski definition) is 2. The van der Waals surface area contributed by atoms with Crippen molar-refractivity contribution in [1.29, 1.82) is 0 Å². The van der Waals surface area contributed by atoms with E-state index in [1.165, 1.54) is 18.3 Å². The van der Waals surface area contributed by atoms with Crippen LogP contribution in [0.5, 0.6) is 5.75 Å². The Morgan fingerprint density at radius 1 is 1.09 bits per heavy atom. The fourth-order valence-corrected chi connectivity index (χ4v) is 3.07. The van der Waals surface area contributed by atoms with Gasteiger partial charge < -0.3 is 4.74 Å². The molecule has 3 aromatic carbocycles. The third kappa shape index (κ3) is 5.39. The summed E-state index contributed by atoms with van der Waals surface area (Å²) in [7, 11) is 0. The van der Waals surface area contributed by atoms with Gasteiger partial charge in [0, 0.05) is 16.1 Å². The SMILES string of the molecule is O=C(N/N=C/c1ccc(F)cc1)c1cc(-c2cccc(OCc3ccccc3Cl)c2)n[nH]1. The number of nitrogens with one attached hydrogen (secondary N) is 2. The number of nitrogens with zero attached hydrogens (tertiary/aromatic N) is 2. The van der Waals surface area contributed by atoms with E-state index in [1.54, 1.807) is 18.2 Å². The van der Waals surface area contributed by atoms with E-state index >= 15 is 0 Å². The summed E-state index contributed by atoms with van der Waals surface area (Å²) in [5.41, 5.74) is 5.57. The molecule has 2 N–H and O–H groups in total. The summed E-state index contributed by atoms with van der Waals surface area (Å²) < 4.78 is 18.8. The molecule has 1 aromatic heterocycles. The van der Waals surface area contributed by atoms with E-state index in [-0.39, 0.29) is 11.5 Å². The van der Waals surface area contributed by atoms with Gasteiger partial charge in [0.15, 0.2) is 0 Å². The van der Waals surface area contributed by atoms with Gasteiger partial charge in [-0.05, 0) is 42.0 Å². The Morgan fingerprint density at radius 2 is 1.91 bits per heavy atom. The highest BCUT2D eigenvalue weighted by atomic mass is 35.5. The first-order valence-electron chi connectivity index (χ1n) is 9.69. The Morgan fingerprint density at radius 3 is 2.72 bits per heavy atom. The van der Waals surface area contributed by atoms with Crippen LogP contribution in [0.4, 0.5) is 4.39 Å². The van der Waals surface area contributed by atoms with E-state index < -0.39 is 5.91 Å². The van der Waals surface area contributed by atoms with Gasteiger partial charge in [-0.25, -0.2) is 9.82 Å². The van der Waals surface area contributed by atoms with Gasteiger partial charge >= 0.3 is 0 Å². The van der Waals surface area contributed by atoms with Crippen LogP contribution in [0.25, 0.3) is 11.3 Å². The van der Waals surface area contributed by atoms with Crippen LogP contribution in [0, 0.1) is 5.82 Å². The van der Waals surface area contributed by atoms with Crippen molar-refractivity contribution in [3.8, 4) is 17.0 Å². The number of halogens is 2. The lowest BCUT2D eigenvalue weighted by molar-refractivity contribution is 0.0950.